The van der Waals surface area contributed by atoms with E-state index in [-0.39, 0.29) is 5.91 Å². The number of rotatable bonds is 5. The molecule has 0 atom stereocenters. The highest BCUT2D eigenvalue weighted by Gasteiger charge is 2.28. The molecule has 3 rings (SSSR count). The molecule has 0 unspecified atom stereocenters. The lowest BCUT2D eigenvalue weighted by Crippen LogP contribution is -2.15. The smallest absolute Gasteiger partial charge is 0.234 e. The number of nitrogens with one attached hydrogen (secondary N) is 1. The van der Waals surface area contributed by atoms with E-state index in [1.54, 1.807) is 6.07 Å². The molecular formula is C15H17ClN4OS. The second-order valence-corrected chi connectivity index (χ2v) is 6.81. The van der Waals surface area contributed by atoms with Crippen LogP contribution in [0.1, 0.15) is 30.3 Å². The van der Waals surface area contributed by atoms with Crippen molar-refractivity contribution in [2.24, 2.45) is 0 Å². The molecule has 1 aliphatic carbocycles. The summed E-state index contributed by atoms with van der Waals surface area (Å²) in [4.78, 5) is 12.1. The number of hydrogen-bond donors (Lipinski definition) is 1. The summed E-state index contributed by atoms with van der Waals surface area (Å²) in [5.74, 6) is 1.17. The monoisotopic (exact) mass is 336 g/mol. The minimum absolute atomic E-state index is 0.0570. The molecule has 1 heterocycles. The van der Waals surface area contributed by atoms with Crippen LogP contribution in [0, 0.1) is 13.8 Å². The number of amides is 1. The van der Waals surface area contributed by atoms with Gasteiger partial charge in [0.05, 0.1) is 5.75 Å². The summed E-state index contributed by atoms with van der Waals surface area (Å²) in [7, 11) is 0. The van der Waals surface area contributed by atoms with Crippen LogP contribution in [0.5, 0.6) is 0 Å². The molecule has 1 amide bonds. The van der Waals surface area contributed by atoms with E-state index in [1.165, 1.54) is 24.6 Å². The van der Waals surface area contributed by atoms with Crippen LogP contribution in [0.15, 0.2) is 23.4 Å². The zero-order valence-corrected chi connectivity index (χ0v) is 14.0. The third-order valence-electron chi connectivity index (χ3n) is 3.54. The van der Waals surface area contributed by atoms with Gasteiger partial charge in [-0.05, 0) is 50.5 Å². The first kappa shape index (κ1) is 15.4. The third-order valence-corrected chi connectivity index (χ3v) is 4.72. The van der Waals surface area contributed by atoms with Crippen LogP contribution in [0.4, 0.5) is 5.69 Å². The second kappa shape index (κ2) is 6.30. The second-order valence-electron chi connectivity index (χ2n) is 5.43. The molecular weight excluding hydrogens is 320 g/mol. The van der Waals surface area contributed by atoms with Crippen LogP contribution in [-0.4, -0.2) is 26.4 Å². The highest BCUT2D eigenvalue weighted by atomic mass is 35.5. The number of carbonyl (C=O) groups excluding carboxylic acids is 1. The number of hydrogen-bond acceptors (Lipinski definition) is 4. The van der Waals surface area contributed by atoms with Crippen LogP contribution in [0.25, 0.3) is 0 Å². The van der Waals surface area contributed by atoms with Crippen molar-refractivity contribution >= 4 is 35.0 Å². The maximum atomic E-state index is 12.1. The Morgan fingerprint density at radius 2 is 2.18 bits per heavy atom. The lowest BCUT2D eigenvalue weighted by Gasteiger charge is -2.09. The number of benzene rings is 1. The van der Waals surface area contributed by atoms with E-state index in [0.29, 0.717) is 16.8 Å². The summed E-state index contributed by atoms with van der Waals surface area (Å²) in [6.45, 7) is 3.87. The molecule has 2 aromatic rings. The van der Waals surface area contributed by atoms with E-state index >= 15 is 0 Å². The van der Waals surface area contributed by atoms with E-state index in [9.17, 15) is 4.79 Å². The standard InChI is InChI=1S/C15H17ClN4OS/c1-9-7-11(16)3-6-13(9)17-14(21)8-22-15-19-18-10(2)20(15)12-4-5-12/h3,6-7,12H,4-5,8H2,1-2H3,(H,17,21). The van der Waals surface area contributed by atoms with Gasteiger partial charge in [0.25, 0.3) is 0 Å². The zero-order valence-electron chi connectivity index (χ0n) is 12.5. The van der Waals surface area contributed by atoms with E-state index < -0.39 is 0 Å². The van der Waals surface area contributed by atoms with Gasteiger partial charge in [-0.2, -0.15) is 0 Å². The Balaban J connectivity index is 1.61. The molecule has 22 heavy (non-hydrogen) atoms. The Morgan fingerprint density at radius 1 is 1.41 bits per heavy atom. The normalized spacial score (nSPS) is 14.1. The largest absolute Gasteiger partial charge is 0.325 e. The van der Waals surface area contributed by atoms with Gasteiger partial charge in [0.15, 0.2) is 5.16 Å². The molecule has 1 N–H and O–H groups in total. The van der Waals surface area contributed by atoms with Crippen molar-refractivity contribution in [3.63, 3.8) is 0 Å². The lowest BCUT2D eigenvalue weighted by atomic mass is 10.2. The van der Waals surface area contributed by atoms with Gasteiger partial charge >= 0.3 is 0 Å². The lowest BCUT2D eigenvalue weighted by molar-refractivity contribution is -0.113. The summed E-state index contributed by atoms with van der Waals surface area (Å²) in [6, 6.07) is 5.93. The Labute approximate surface area is 138 Å². The number of thioether (sulfide) groups is 1. The topological polar surface area (TPSA) is 59.8 Å². The first-order chi connectivity index (χ1) is 10.5. The molecule has 0 radical (unpaired) electrons. The van der Waals surface area contributed by atoms with Crippen molar-refractivity contribution in [3.8, 4) is 0 Å². The van der Waals surface area contributed by atoms with Crippen LogP contribution in [0.3, 0.4) is 0 Å². The number of nitrogens with zero attached hydrogens (tertiary/aromatic N) is 3. The van der Waals surface area contributed by atoms with Crippen molar-refractivity contribution in [1.29, 1.82) is 0 Å². The maximum Gasteiger partial charge on any atom is 0.234 e. The molecule has 0 aliphatic heterocycles. The fourth-order valence-electron chi connectivity index (χ4n) is 2.29. The van der Waals surface area contributed by atoms with Crippen LogP contribution in [0.2, 0.25) is 5.02 Å². The zero-order chi connectivity index (χ0) is 15.7. The van der Waals surface area contributed by atoms with Gasteiger partial charge in [-0.1, -0.05) is 23.4 Å². The van der Waals surface area contributed by atoms with Gasteiger partial charge in [-0.15, -0.1) is 10.2 Å². The molecule has 0 saturated heterocycles. The van der Waals surface area contributed by atoms with E-state index in [1.807, 2.05) is 26.0 Å². The highest BCUT2D eigenvalue weighted by molar-refractivity contribution is 7.99. The average molecular weight is 337 g/mol. The Bertz CT molecular complexity index is 712. The number of anilines is 1. The minimum Gasteiger partial charge on any atom is -0.325 e. The van der Waals surface area contributed by atoms with Gasteiger partial charge < -0.3 is 9.88 Å². The maximum absolute atomic E-state index is 12.1. The van der Waals surface area contributed by atoms with E-state index in [4.69, 9.17) is 11.6 Å². The molecule has 116 valence electrons. The van der Waals surface area contributed by atoms with Gasteiger partial charge in [-0.25, -0.2) is 0 Å². The number of aromatic nitrogens is 3. The summed E-state index contributed by atoms with van der Waals surface area (Å²) in [5.41, 5.74) is 1.73. The van der Waals surface area contributed by atoms with E-state index in [2.05, 4.69) is 20.1 Å². The Morgan fingerprint density at radius 3 is 2.86 bits per heavy atom. The van der Waals surface area contributed by atoms with E-state index in [0.717, 1.165) is 22.2 Å². The first-order valence-electron chi connectivity index (χ1n) is 7.15. The summed E-state index contributed by atoms with van der Waals surface area (Å²) in [5, 5.41) is 12.7. The fraction of sp³-hybridized carbons (Fsp3) is 0.400. The number of halogens is 1. The SMILES string of the molecule is Cc1cc(Cl)ccc1NC(=O)CSc1nnc(C)n1C1CC1. The molecule has 1 saturated carbocycles. The van der Waals surface area contributed by atoms with Gasteiger partial charge in [0.2, 0.25) is 5.91 Å². The Hall–Kier alpha value is -1.53. The summed E-state index contributed by atoms with van der Waals surface area (Å²) < 4.78 is 2.13. The summed E-state index contributed by atoms with van der Waals surface area (Å²) in [6.07, 6.45) is 2.34. The molecule has 5 nitrogen and oxygen atoms in total. The van der Waals surface area contributed by atoms with Crippen LogP contribution >= 0.6 is 23.4 Å². The van der Waals surface area contributed by atoms with Gasteiger partial charge in [0.1, 0.15) is 5.82 Å². The van der Waals surface area contributed by atoms with Crippen molar-refractivity contribution < 1.29 is 4.79 Å². The highest BCUT2D eigenvalue weighted by Crippen LogP contribution is 2.38. The molecule has 1 aromatic heterocycles. The Kier molecular flexibility index (Phi) is 4.40. The molecule has 0 spiro atoms. The predicted octanol–water partition coefficient (Wildman–Crippen LogP) is 3.61. The van der Waals surface area contributed by atoms with Crippen molar-refractivity contribution in [2.75, 3.05) is 11.1 Å². The van der Waals surface area contributed by atoms with Crippen LogP contribution < -0.4 is 5.32 Å². The quantitative estimate of drug-likeness (QED) is 0.847. The number of aryl methyl sites for hydroxylation is 2. The molecule has 1 aliphatic rings. The average Bonchev–Trinajstić information content (AvgIpc) is 3.23. The van der Waals surface area contributed by atoms with Crippen molar-refractivity contribution in [2.45, 2.75) is 37.9 Å². The fourth-order valence-corrected chi connectivity index (χ4v) is 3.36. The molecule has 7 heteroatoms. The third kappa shape index (κ3) is 3.44. The summed E-state index contributed by atoms with van der Waals surface area (Å²) >= 11 is 7.34. The van der Waals surface area contributed by atoms with Crippen LogP contribution in [-0.2, 0) is 4.79 Å². The predicted molar refractivity (Wildman–Crippen MR) is 88.6 cm³/mol. The molecule has 1 fully saturated rings. The minimum atomic E-state index is -0.0570. The van der Waals surface area contributed by atoms with Gasteiger partial charge in [0, 0.05) is 16.8 Å². The number of carbonyl (C=O) groups is 1. The van der Waals surface area contributed by atoms with Gasteiger partial charge in [-0.3, -0.25) is 4.79 Å². The van der Waals surface area contributed by atoms with Crippen molar-refractivity contribution in [3.05, 3.63) is 34.6 Å². The first-order valence-corrected chi connectivity index (χ1v) is 8.51. The molecule has 0 bridgehead atoms. The molecule has 1 aromatic carbocycles. The van der Waals surface area contributed by atoms with Crippen molar-refractivity contribution in [1.82, 2.24) is 14.8 Å².